The van der Waals surface area contributed by atoms with Gasteiger partial charge in [-0.3, -0.25) is 0 Å². The smallest absolute Gasteiger partial charge is 0.123 e. The minimum Gasteiger partial charge on any atom is -0.317 e. The first-order chi connectivity index (χ1) is 11.8. The summed E-state index contributed by atoms with van der Waals surface area (Å²) in [6.45, 7) is 2.21. The van der Waals surface area contributed by atoms with Crippen LogP contribution in [0.4, 0.5) is 4.39 Å². The van der Waals surface area contributed by atoms with E-state index in [1.165, 1.54) is 34.7 Å². The summed E-state index contributed by atoms with van der Waals surface area (Å²) in [7, 11) is 0. The molecule has 0 saturated carbocycles. The lowest BCUT2D eigenvalue weighted by atomic mass is 9.85. The maximum absolute atomic E-state index is 13.1. The van der Waals surface area contributed by atoms with Crippen molar-refractivity contribution in [1.29, 1.82) is 0 Å². The SMILES string of the molecule is Fc1ccc(Cc2cccc3c(C4CCNCC4)cccc23)cc1. The summed E-state index contributed by atoms with van der Waals surface area (Å²) in [5, 5.41) is 6.16. The Hall–Kier alpha value is -2.19. The van der Waals surface area contributed by atoms with Crippen LogP contribution in [0.5, 0.6) is 0 Å². The van der Waals surface area contributed by atoms with Crippen LogP contribution >= 0.6 is 0 Å². The Morgan fingerprint density at radius 2 is 1.54 bits per heavy atom. The highest BCUT2D eigenvalue weighted by Gasteiger charge is 2.17. The quantitative estimate of drug-likeness (QED) is 0.713. The Morgan fingerprint density at radius 3 is 2.33 bits per heavy atom. The molecule has 1 saturated heterocycles. The number of fused-ring (bicyclic) bond motifs is 1. The number of benzene rings is 3. The topological polar surface area (TPSA) is 12.0 Å². The molecule has 0 radical (unpaired) electrons. The molecule has 2 heteroatoms. The maximum atomic E-state index is 13.1. The van der Waals surface area contributed by atoms with E-state index in [4.69, 9.17) is 0 Å². The lowest BCUT2D eigenvalue weighted by molar-refractivity contribution is 0.462. The lowest BCUT2D eigenvalue weighted by Gasteiger charge is -2.24. The van der Waals surface area contributed by atoms with Crippen LogP contribution in [0.3, 0.4) is 0 Å². The van der Waals surface area contributed by atoms with Crippen molar-refractivity contribution >= 4 is 10.8 Å². The number of hydrogen-bond donors (Lipinski definition) is 1. The van der Waals surface area contributed by atoms with Crippen LogP contribution in [0.2, 0.25) is 0 Å². The van der Waals surface area contributed by atoms with Gasteiger partial charge in [0, 0.05) is 0 Å². The summed E-state index contributed by atoms with van der Waals surface area (Å²) >= 11 is 0. The minimum absolute atomic E-state index is 0.176. The Morgan fingerprint density at radius 1 is 0.833 bits per heavy atom. The van der Waals surface area contributed by atoms with Gasteiger partial charge in [0.15, 0.2) is 0 Å². The van der Waals surface area contributed by atoms with E-state index in [9.17, 15) is 4.39 Å². The maximum Gasteiger partial charge on any atom is 0.123 e. The van der Waals surface area contributed by atoms with Crippen molar-refractivity contribution in [2.75, 3.05) is 13.1 Å². The first-order valence-corrected chi connectivity index (χ1v) is 8.77. The Labute approximate surface area is 142 Å². The van der Waals surface area contributed by atoms with E-state index >= 15 is 0 Å². The fourth-order valence-electron chi connectivity index (χ4n) is 3.86. The van der Waals surface area contributed by atoms with E-state index in [1.807, 2.05) is 12.1 Å². The molecule has 0 aromatic heterocycles. The fourth-order valence-corrected chi connectivity index (χ4v) is 3.86. The summed E-state index contributed by atoms with van der Waals surface area (Å²) in [5.74, 6) is 0.473. The Kier molecular flexibility index (Phi) is 4.31. The number of nitrogens with one attached hydrogen (secondary N) is 1. The van der Waals surface area contributed by atoms with Gasteiger partial charge in [-0.05, 0) is 77.9 Å². The highest BCUT2D eigenvalue weighted by atomic mass is 19.1. The Bertz CT molecular complexity index is 832. The second-order valence-corrected chi connectivity index (χ2v) is 6.69. The number of halogens is 1. The molecule has 0 spiro atoms. The molecule has 0 amide bonds. The molecular weight excluding hydrogens is 297 g/mol. The van der Waals surface area contributed by atoms with Gasteiger partial charge in [0.05, 0.1) is 0 Å². The molecule has 1 heterocycles. The van der Waals surface area contributed by atoms with Gasteiger partial charge < -0.3 is 5.32 Å². The van der Waals surface area contributed by atoms with E-state index in [-0.39, 0.29) is 5.82 Å². The van der Waals surface area contributed by atoms with Crippen LogP contribution in [0.15, 0.2) is 60.7 Å². The highest BCUT2D eigenvalue weighted by Crippen LogP contribution is 2.33. The summed E-state index contributed by atoms with van der Waals surface area (Å²) in [6, 6.07) is 20.1. The third kappa shape index (κ3) is 3.07. The first-order valence-electron chi connectivity index (χ1n) is 8.77. The van der Waals surface area contributed by atoms with E-state index in [0.717, 1.165) is 25.1 Å². The zero-order valence-electron chi connectivity index (χ0n) is 13.8. The molecule has 0 bridgehead atoms. The normalized spacial score (nSPS) is 15.7. The van der Waals surface area contributed by atoms with Crippen molar-refractivity contribution in [3.63, 3.8) is 0 Å². The summed E-state index contributed by atoms with van der Waals surface area (Å²) in [5.41, 5.74) is 3.95. The van der Waals surface area contributed by atoms with Crippen molar-refractivity contribution in [2.45, 2.75) is 25.2 Å². The molecule has 0 aliphatic carbocycles. The molecule has 0 unspecified atom stereocenters. The molecule has 4 rings (SSSR count). The zero-order chi connectivity index (χ0) is 16.4. The summed E-state index contributed by atoms with van der Waals surface area (Å²) in [6.07, 6.45) is 3.26. The fraction of sp³-hybridized carbons (Fsp3) is 0.273. The lowest BCUT2D eigenvalue weighted by Crippen LogP contribution is -2.26. The molecule has 122 valence electrons. The summed E-state index contributed by atoms with van der Waals surface area (Å²) < 4.78 is 13.1. The third-order valence-corrected chi connectivity index (χ3v) is 5.13. The largest absolute Gasteiger partial charge is 0.317 e. The van der Waals surface area contributed by atoms with Crippen molar-refractivity contribution in [1.82, 2.24) is 5.32 Å². The number of rotatable bonds is 3. The molecule has 1 fully saturated rings. The van der Waals surface area contributed by atoms with Crippen LogP contribution < -0.4 is 5.32 Å². The molecule has 3 aromatic carbocycles. The van der Waals surface area contributed by atoms with Gasteiger partial charge in [0.1, 0.15) is 5.82 Å². The monoisotopic (exact) mass is 319 g/mol. The predicted octanol–water partition coefficient (Wildman–Crippen LogP) is 5.04. The van der Waals surface area contributed by atoms with Gasteiger partial charge in [-0.1, -0.05) is 48.5 Å². The van der Waals surface area contributed by atoms with E-state index in [2.05, 4.69) is 41.7 Å². The van der Waals surface area contributed by atoms with Crippen LogP contribution in [-0.2, 0) is 6.42 Å². The minimum atomic E-state index is -0.176. The van der Waals surface area contributed by atoms with Gasteiger partial charge in [-0.25, -0.2) is 4.39 Å². The van der Waals surface area contributed by atoms with E-state index in [1.54, 1.807) is 12.1 Å². The van der Waals surface area contributed by atoms with Gasteiger partial charge in [0.25, 0.3) is 0 Å². The van der Waals surface area contributed by atoms with Crippen LogP contribution in [0.1, 0.15) is 35.4 Å². The third-order valence-electron chi connectivity index (χ3n) is 5.13. The van der Waals surface area contributed by atoms with Crippen LogP contribution in [-0.4, -0.2) is 13.1 Å². The average molecular weight is 319 g/mol. The predicted molar refractivity (Wildman–Crippen MR) is 98.0 cm³/mol. The highest BCUT2D eigenvalue weighted by molar-refractivity contribution is 5.89. The molecule has 1 N–H and O–H groups in total. The number of hydrogen-bond acceptors (Lipinski definition) is 1. The average Bonchev–Trinajstić information content (AvgIpc) is 2.64. The molecule has 24 heavy (non-hydrogen) atoms. The Balaban J connectivity index is 1.73. The standard InChI is InChI=1S/C22H22FN/c23-19-9-7-16(8-10-19)15-18-3-1-6-22-20(4-2-5-21(18)22)17-11-13-24-14-12-17/h1-10,17,24H,11-15H2. The van der Waals surface area contributed by atoms with Gasteiger partial charge in [-0.15, -0.1) is 0 Å². The van der Waals surface area contributed by atoms with Gasteiger partial charge >= 0.3 is 0 Å². The van der Waals surface area contributed by atoms with Crippen LogP contribution in [0, 0.1) is 5.82 Å². The molecule has 3 aromatic rings. The van der Waals surface area contributed by atoms with Crippen molar-refractivity contribution in [3.05, 3.63) is 83.2 Å². The molecule has 1 aliphatic rings. The summed E-state index contributed by atoms with van der Waals surface area (Å²) in [4.78, 5) is 0. The molecule has 1 aliphatic heterocycles. The van der Waals surface area contributed by atoms with Crippen LogP contribution in [0.25, 0.3) is 10.8 Å². The first kappa shape index (κ1) is 15.3. The van der Waals surface area contributed by atoms with E-state index in [0.29, 0.717) is 5.92 Å². The zero-order valence-corrected chi connectivity index (χ0v) is 13.8. The van der Waals surface area contributed by atoms with Crippen molar-refractivity contribution in [3.8, 4) is 0 Å². The molecular formula is C22H22FN. The molecule has 1 nitrogen and oxygen atoms in total. The van der Waals surface area contributed by atoms with Gasteiger partial charge in [0.2, 0.25) is 0 Å². The second-order valence-electron chi connectivity index (χ2n) is 6.69. The van der Waals surface area contributed by atoms with Crippen molar-refractivity contribution in [2.24, 2.45) is 0 Å². The van der Waals surface area contributed by atoms with E-state index < -0.39 is 0 Å². The van der Waals surface area contributed by atoms with Gasteiger partial charge in [-0.2, -0.15) is 0 Å². The second kappa shape index (κ2) is 6.74. The van der Waals surface area contributed by atoms with Crippen molar-refractivity contribution < 1.29 is 4.39 Å². The number of piperidine rings is 1. The molecule has 0 atom stereocenters.